The van der Waals surface area contributed by atoms with Gasteiger partial charge in [0.1, 0.15) is 0 Å². The maximum atomic E-state index is 13.5. The van der Waals surface area contributed by atoms with Crippen LogP contribution >= 0.6 is 11.3 Å². The van der Waals surface area contributed by atoms with Gasteiger partial charge in [0, 0.05) is 38.1 Å². The fraction of sp³-hybridized carbons (Fsp3) is 0.292. The number of nitrogens with zero attached hydrogens (tertiary/aromatic N) is 5. The van der Waals surface area contributed by atoms with E-state index in [1.165, 1.54) is 27.8 Å². The fourth-order valence-corrected chi connectivity index (χ4v) is 5.70. The van der Waals surface area contributed by atoms with Crippen LogP contribution in [0, 0.1) is 0 Å². The van der Waals surface area contributed by atoms with Crippen molar-refractivity contribution >= 4 is 42.6 Å². The molecule has 0 N–H and O–H groups in total. The van der Waals surface area contributed by atoms with Crippen molar-refractivity contribution in [2.24, 2.45) is 0 Å². The molecule has 10 heteroatoms. The first-order chi connectivity index (χ1) is 16.4. The zero-order chi connectivity index (χ0) is 24.1. The fourth-order valence-electron chi connectivity index (χ4n) is 3.50. The van der Waals surface area contributed by atoms with Crippen LogP contribution < -0.4 is 4.90 Å². The van der Waals surface area contributed by atoms with E-state index < -0.39 is 10.0 Å². The van der Waals surface area contributed by atoms with Gasteiger partial charge >= 0.3 is 0 Å². The van der Waals surface area contributed by atoms with E-state index in [1.807, 2.05) is 43.5 Å². The Labute approximate surface area is 203 Å². The minimum absolute atomic E-state index is 0.172. The van der Waals surface area contributed by atoms with Crippen LogP contribution in [0.15, 0.2) is 71.9 Å². The maximum absolute atomic E-state index is 13.5. The third-order valence-corrected chi connectivity index (χ3v) is 8.44. The summed E-state index contributed by atoms with van der Waals surface area (Å²) < 4.78 is 29.7. The molecule has 4 aromatic rings. The molecule has 2 heterocycles. The first-order valence-corrected chi connectivity index (χ1v) is 13.4. The molecule has 8 nitrogen and oxygen atoms in total. The molecule has 0 saturated carbocycles. The Morgan fingerprint density at radius 2 is 1.82 bits per heavy atom. The molecule has 0 atom stereocenters. The van der Waals surface area contributed by atoms with Crippen LogP contribution in [-0.4, -0.2) is 53.5 Å². The van der Waals surface area contributed by atoms with Crippen molar-refractivity contribution in [3.8, 4) is 0 Å². The van der Waals surface area contributed by atoms with E-state index in [2.05, 4.69) is 10.1 Å². The van der Waals surface area contributed by atoms with Crippen molar-refractivity contribution in [1.82, 2.24) is 19.1 Å². The summed E-state index contributed by atoms with van der Waals surface area (Å²) in [5.74, 6) is -0.241. The van der Waals surface area contributed by atoms with Gasteiger partial charge < -0.3 is 0 Å². The van der Waals surface area contributed by atoms with E-state index in [9.17, 15) is 13.2 Å². The molecule has 0 bridgehead atoms. The van der Waals surface area contributed by atoms with Crippen molar-refractivity contribution < 1.29 is 13.2 Å². The first kappa shape index (κ1) is 24.1. The highest BCUT2D eigenvalue weighted by Crippen LogP contribution is 2.30. The highest BCUT2D eigenvalue weighted by molar-refractivity contribution is 7.89. The van der Waals surface area contributed by atoms with Crippen molar-refractivity contribution in [3.63, 3.8) is 0 Å². The van der Waals surface area contributed by atoms with E-state index in [1.54, 1.807) is 35.0 Å². The quantitative estimate of drug-likeness (QED) is 0.327. The minimum Gasteiger partial charge on any atom is -0.282 e. The SMILES string of the molecule is CCCCN(C)S(=O)(=O)c1ccc(C(=O)N(CCn2cccn2)c2nc3ccccc3s2)cc1. The number of para-hydroxylation sites is 1. The number of sulfonamides is 1. The molecule has 0 aliphatic heterocycles. The van der Waals surface area contributed by atoms with E-state index in [0.29, 0.717) is 30.3 Å². The molecule has 2 aromatic carbocycles. The van der Waals surface area contributed by atoms with Gasteiger partial charge in [0.05, 0.1) is 21.7 Å². The predicted molar refractivity (Wildman–Crippen MR) is 135 cm³/mol. The van der Waals surface area contributed by atoms with E-state index in [-0.39, 0.29) is 10.8 Å². The second-order valence-corrected chi connectivity index (χ2v) is 10.9. The lowest BCUT2D eigenvalue weighted by molar-refractivity contribution is 0.0985. The number of hydrogen-bond donors (Lipinski definition) is 0. The van der Waals surface area contributed by atoms with Gasteiger partial charge in [-0.05, 0) is 48.9 Å². The summed E-state index contributed by atoms with van der Waals surface area (Å²) in [6, 6.07) is 15.7. The lowest BCUT2D eigenvalue weighted by Gasteiger charge is -2.20. The molecule has 4 rings (SSSR count). The topological polar surface area (TPSA) is 88.4 Å². The van der Waals surface area contributed by atoms with Gasteiger partial charge in [0.25, 0.3) is 5.91 Å². The van der Waals surface area contributed by atoms with Crippen LogP contribution in [0.3, 0.4) is 0 Å². The lowest BCUT2D eigenvalue weighted by atomic mass is 10.2. The molecule has 178 valence electrons. The molecule has 0 fully saturated rings. The number of aromatic nitrogens is 3. The van der Waals surface area contributed by atoms with E-state index in [0.717, 1.165) is 23.1 Å². The number of fused-ring (bicyclic) bond motifs is 1. The average molecular weight is 498 g/mol. The molecule has 1 amide bonds. The van der Waals surface area contributed by atoms with Crippen LogP contribution in [-0.2, 0) is 16.6 Å². The number of thiazole rings is 1. The Bertz CT molecular complexity index is 1320. The largest absolute Gasteiger partial charge is 0.282 e. The molecule has 34 heavy (non-hydrogen) atoms. The summed E-state index contributed by atoms with van der Waals surface area (Å²) in [5, 5.41) is 4.82. The summed E-state index contributed by atoms with van der Waals surface area (Å²) in [6.45, 7) is 3.35. The van der Waals surface area contributed by atoms with Gasteiger partial charge in [0.15, 0.2) is 5.13 Å². The number of carbonyl (C=O) groups excluding carboxylic acids is 1. The molecule has 0 aliphatic carbocycles. The third kappa shape index (κ3) is 5.19. The van der Waals surface area contributed by atoms with Gasteiger partial charge in [-0.25, -0.2) is 17.7 Å². The molecular formula is C24H27N5O3S2. The lowest BCUT2D eigenvalue weighted by Crippen LogP contribution is -2.34. The number of benzene rings is 2. The number of amides is 1. The average Bonchev–Trinajstić information content (AvgIpc) is 3.52. The van der Waals surface area contributed by atoms with Crippen molar-refractivity contribution in [1.29, 1.82) is 0 Å². The molecule has 0 unspecified atom stereocenters. The molecule has 0 radical (unpaired) electrons. The van der Waals surface area contributed by atoms with E-state index >= 15 is 0 Å². The summed E-state index contributed by atoms with van der Waals surface area (Å²) >= 11 is 1.45. The van der Waals surface area contributed by atoms with Crippen LogP contribution in [0.1, 0.15) is 30.1 Å². The molecule has 2 aromatic heterocycles. The Balaban J connectivity index is 1.60. The summed E-state index contributed by atoms with van der Waals surface area (Å²) in [7, 11) is -2.02. The van der Waals surface area contributed by atoms with Gasteiger partial charge in [-0.1, -0.05) is 36.8 Å². The Hall–Kier alpha value is -3.08. The predicted octanol–water partition coefficient (Wildman–Crippen LogP) is 4.26. The van der Waals surface area contributed by atoms with Crippen molar-refractivity contribution in [3.05, 3.63) is 72.6 Å². The van der Waals surface area contributed by atoms with Crippen LogP contribution in [0.5, 0.6) is 0 Å². The second kappa shape index (κ2) is 10.5. The summed E-state index contributed by atoms with van der Waals surface area (Å²) in [5.41, 5.74) is 1.23. The Morgan fingerprint density at radius 3 is 2.50 bits per heavy atom. The number of rotatable bonds is 10. The number of carbonyl (C=O) groups is 1. The van der Waals surface area contributed by atoms with Crippen LogP contribution in [0.25, 0.3) is 10.2 Å². The van der Waals surface area contributed by atoms with Gasteiger partial charge in [-0.3, -0.25) is 14.4 Å². The zero-order valence-corrected chi connectivity index (χ0v) is 20.8. The van der Waals surface area contributed by atoms with Gasteiger partial charge in [-0.15, -0.1) is 0 Å². The Morgan fingerprint density at radius 1 is 1.06 bits per heavy atom. The van der Waals surface area contributed by atoms with Gasteiger partial charge in [-0.2, -0.15) is 5.10 Å². The maximum Gasteiger partial charge on any atom is 0.260 e. The summed E-state index contributed by atoms with van der Waals surface area (Å²) in [6.07, 6.45) is 5.24. The number of unbranched alkanes of at least 4 members (excludes halogenated alkanes) is 1. The van der Waals surface area contributed by atoms with E-state index in [4.69, 9.17) is 0 Å². The van der Waals surface area contributed by atoms with Crippen molar-refractivity contribution in [2.75, 3.05) is 25.0 Å². The zero-order valence-electron chi connectivity index (χ0n) is 19.2. The monoisotopic (exact) mass is 497 g/mol. The molecule has 0 aliphatic rings. The molecule has 0 saturated heterocycles. The summed E-state index contributed by atoms with van der Waals surface area (Å²) in [4.78, 5) is 20.0. The highest BCUT2D eigenvalue weighted by Gasteiger charge is 2.24. The Kier molecular flexibility index (Phi) is 7.40. The number of hydrogen-bond acceptors (Lipinski definition) is 6. The first-order valence-electron chi connectivity index (χ1n) is 11.1. The third-order valence-electron chi connectivity index (χ3n) is 5.51. The normalized spacial score (nSPS) is 11.9. The van der Waals surface area contributed by atoms with Gasteiger partial charge in [0.2, 0.25) is 10.0 Å². The minimum atomic E-state index is -3.60. The highest BCUT2D eigenvalue weighted by atomic mass is 32.2. The molecular weight excluding hydrogens is 470 g/mol. The smallest absolute Gasteiger partial charge is 0.260 e. The molecule has 0 spiro atoms. The van der Waals surface area contributed by atoms with Crippen LogP contribution in [0.2, 0.25) is 0 Å². The van der Waals surface area contributed by atoms with Crippen molar-refractivity contribution in [2.45, 2.75) is 31.2 Å². The second-order valence-electron chi connectivity index (χ2n) is 7.89. The standard InChI is InChI=1S/C24H27N5O3S2/c1-3-4-15-27(2)34(31,32)20-12-10-19(11-13-20)23(30)29(18-17-28-16-7-14-25-28)24-26-21-8-5-6-9-22(21)33-24/h5-14,16H,3-4,15,17-18H2,1-2H3. The van der Waals surface area contributed by atoms with Crippen LogP contribution in [0.4, 0.5) is 5.13 Å². The number of anilines is 1.